The van der Waals surface area contributed by atoms with Crippen molar-refractivity contribution in [3.05, 3.63) is 77.1 Å². The van der Waals surface area contributed by atoms with Gasteiger partial charge in [0.25, 0.3) is 0 Å². The van der Waals surface area contributed by atoms with Crippen LogP contribution in [0, 0.1) is 5.82 Å². The van der Waals surface area contributed by atoms with Crippen molar-refractivity contribution in [2.45, 2.75) is 17.5 Å². The number of hydrogen-bond donors (Lipinski definition) is 0. The van der Waals surface area contributed by atoms with Gasteiger partial charge in [-0.2, -0.15) is 0 Å². The van der Waals surface area contributed by atoms with Gasteiger partial charge in [0, 0.05) is 29.8 Å². The molecule has 1 aliphatic rings. The lowest BCUT2D eigenvalue weighted by atomic mass is 10.2. The average Bonchev–Trinajstić information content (AvgIpc) is 3.47. The van der Waals surface area contributed by atoms with Gasteiger partial charge in [0.1, 0.15) is 10.8 Å². The first-order valence-electron chi connectivity index (χ1n) is 10.4. The van der Waals surface area contributed by atoms with Gasteiger partial charge in [-0.1, -0.05) is 42.1 Å². The summed E-state index contributed by atoms with van der Waals surface area (Å²) in [5, 5.41) is 12.8. The molecule has 0 unspecified atom stereocenters. The molecule has 164 valence electrons. The summed E-state index contributed by atoms with van der Waals surface area (Å²) >= 11 is 3.20. The Labute approximate surface area is 194 Å². The van der Waals surface area contributed by atoms with E-state index in [1.807, 2.05) is 23.6 Å². The van der Waals surface area contributed by atoms with Crippen molar-refractivity contribution in [1.29, 1.82) is 0 Å². The van der Waals surface area contributed by atoms with Crippen molar-refractivity contribution in [2.75, 3.05) is 31.2 Å². The van der Waals surface area contributed by atoms with Crippen molar-refractivity contribution >= 4 is 29.0 Å². The smallest absolute Gasteiger partial charge is 0.228 e. The lowest BCUT2D eigenvalue weighted by Gasteiger charge is -2.28. The van der Waals surface area contributed by atoms with E-state index in [0.717, 1.165) is 40.5 Å². The maximum atomic E-state index is 13.2. The minimum absolute atomic E-state index is 0.241. The molecule has 0 N–H and O–H groups in total. The van der Waals surface area contributed by atoms with Gasteiger partial charge in [0.2, 0.25) is 5.95 Å². The Morgan fingerprint density at radius 3 is 2.56 bits per heavy atom. The van der Waals surface area contributed by atoms with Crippen LogP contribution in [0.5, 0.6) is 0 Å². The van der Waals surface area contributed by atoms with Crippen molar-refractivity contribution in [2.24, 2.45) is 0 Å². The summed E-state index contributed by atoms with van der Waals surface area (Å²) in [5.41, 5.74) is 3.10. The maximum absolute atomic E-state index is 13.2. The Kier molecular flexibility index (Phi) is 6.47. The van der Waals surface area contributed by atoms with Gasteiger partial charge in [0.15, 0.2) is 5.16 Å². The highest BCUT2D eigenvalue weighted by molar-refractivity contribution is 7.98. The Hall–Kier alpha value is -2.75. The van der Waals surface area contributed by atoms with E-state index in [-0.39, 0.29) is 5.82 Å². The molecule has 6 nitrogen and oxygen atoms in total. The predicted octanol–water partition coefficient (Wildman–Crippen LogP) is 4.72. The molecular formula is C23H22FN5OS2. The number of benzene rings is 2. The second-order valence-electron chi connectivity index (χ2n) is 7.39. The molecule has 0 bridgehead atoms. The highest BCUT2D eigenvalue weighted by Gasteiger charge is 2.21. The molecule has 3 heterocycles. The first kappa shape index (κ1) is 21.1. The van der Waals surface area contributed by atoms with E-state index in [9.17, 15) is 4.39 Å². The van der Waals surface area contributed by atoms with Crippen LogP contribution in [0.1, 0.15) is 11.3 Å². The van der Waals surface area contributed by atoms with Gasteiger partial charge in [-0.15, -0.1) is 21.5 Å². The van der Waals surface area contributed by atoms with Gasteiger partial charge >= 0.3 is 0 Å². The monoisotopic (exact) mass is 467 g/mol. The second-order valence-corrected chi connectivity index (χ2v) is 9.19. The van der Waals surface area contributed by atoms with E-state index < -0.39 is 0 Å². The molecule has 9 heteroatoms. The molecule has 5 rings (SSSR count). The molecular weight excluding hydrogens is 445 g/mol. The Bertz CT molecular complexity index is 1160. The van der Waals surface area contributed by atoms with Crippen molar-refractivity contribution < 1.29 is 9.13 Å². The standard InChI is InChI=1S/C23H22FN5OS2/c24-19-8-6-18(7-9-19)21-25-20(15-31-21)16-32-23-27-26-22(28-10-12-30-13-11-28)29(23)14-17-4-2-1-3-5-17/h1-9,15H,10-14,16H2. The first-order chi connectivity index (χ1) is 15.8. The number of aromatic nitrogens is 4. The van der Waals surface area contributed by atoms with Gasteiger partial charge < -0.3 is 9.64 Å². The third kappa shape index (κ3) is 4.85. The Morgan fingerprint density at radius 2 is 1.78 bits per heavy atom. The predicted molar refractivity (Wildman–Crippen MR) is 126 cm³/mol. The minimum atomic E-state index is -0.241. The molecule has 2 aromatic carbocycles. The second kappa shape index (κ2) is 9.81. The summed E-state index contributed by atoms with van der Waals surface area (Å²) in [5.74, 6) is 1.33. The summed E-state index contributed by atoms with van der Waals surface area (Å²) in [7, 11) is 0. The average molecular weight is 468 g/mol. The first-order valence-corrected chi connectivity index (χ1v) is 12.3. The fraction of sp³-hybridized carbons (Fsp3) is 0.261. The third-order valence-electron chi connectivity index (χ3n) is 5.17. The van der Waals surface area contributed by atoms with Crippen LogP contribution < -0.4 is 4.90 Å². The van der Waals surface area contributed by atoms with E-state index in [2.05, 4.69) is 31.8 Å². The Morgan fingerprint density at radius 1 is 1.00 bits per heavy atom. The molecule has 4 aromatic rings. The third-order valence-corrected chi connectivity index (χ3v) is 7.11. The van der Waals surface area contributed by atoms with Crippen LogP contribution in [0.2, 0.25) is 0 Å². The molecule has 32 heavy (non-hydrogen) atoms. The zero-order valence-electron chi connectivity index (χ0n) is 17.4. The zero-order valence-corrected chi connectivity index (χ0v) is 19.0. The molecule has 1 fully saturated rings. The molecule has 0 amide bonds. The fourth-order valence-corrected chi connectivity index (χ4v) is 5.28. The topological polar surface area (TPSA) is 56.1 Å². The molecule has 1 saturated heterocycles. The lowest BCUT2D eigenvalue weighted by molar-refractivity contribution is 0.121. The molecule has 0 aliphatic carbocycles. The number of morpholine rings is 1. The minimum Gasteiger partial charge on any atom is -0.378 e. The Balaban J connectivity index is 1.35. The highest BCUT2D eigenvalue weighted by Crippen LogP contribution is 2.29. The van der Waals surface area contributed by atoms with E-state index in [1.165, 1.54) is 17.7 Å². The summed E-state index contributed by atoms with van der Waals surface area (Å²) in [6.07, 6.45) is 0. The molecule has 0 spiro atoms. The van der Waals surface area contributed by atoms with Gasteiger partial charge in [-0.05, 0) is 29.8 Å². The molecule has 2 aromatic heterocycles. The van der Waals surface area contributed by atoms with E-state index in [0.29, 0.717) is 25.5 Å². The van der Waals surface area contributed by atoms with Crippen molar-refractivity contribution in [3.8, 4) is 10.6 Å². The number of nitrogens with zero attached hydrogens (tertiary/aromatic N) is 5. The number of thioether (sulfide) groups is 1. The van der Waals surface area contributed by atoms with E-state index >= 15 is 0 Å². The number of ether oxygens (including phenoxy) is 1. The van der Waals surface area contributed by atoms with E-state index in [4.69, 9.17) is 9.72 Å². The zero-order chi connectivity index (χ0) is 21.8. The van der Waals surface area contributed by atoms with Gasteiger partial charge in [-0.25, -0.2) is 9.37 Å². The molecule has 0 radical (unpaired) electrons. The molecule has 0 atom stereocenters. The van der Waals surface area contributed by atoms with Crippen LogP contribution in [0.3, 0.4) is 0 Å². The number of thiazole rings is 1. The van der Waals surface area contributed by atoms with Crippen LogP contribution >= 0.6 is 23.1 Å². The van der Waals surface area contributed by atoms with Crippen LogP contribution in [0.15, 0.2) is 65.1 Å². The van der Waals surface area contributed by atoms with Crippen LogP contribution in [-0.2, 0) is 17.0 Å². The van der Waals surface area contributed by atoms with Gasteiger partial charge in [-0.3, -0.25) is 4.57 Å². The lowest BCUT2D eigenvalue weighted by Crippen LogP contribution is -2.38. The number of halogens is 1. The largest absolute Gasteiger partial charge is 0.378 e. The highest BCUT2D eigenvalue weighted by atomic mass is 32.2. The van der Waals surface area contributed by atoms with Crippen LogP contribution in [-0.4, -0.2) is 46.1 Å². The number of hydrogen-bond acceptors (Lipinski definition) is 7. The molecule has 1 aliphatic heterocycles. The number of anilines is 1. The summed E-state index contributed by atoms with van der Waals surface area (Å²) in [4.78, 5) is 6.96. The SMILES string of the molecule is Fc1ccc(-c2nc(CSc3nnc(N4CCOCC4)n3Cc3ccccc3)cs2)cc1. The number of rotatable bonds is 7. The maximum Gasteiger partial charge on any atom is 0.228 e. The van der Waals surface area contributed by atoms with Gasteiger partial charge in [0.05, 0.1) is 25.5 Å². The summed E-state index contributed by atoms with van der Waals surface area (Å²) in [6.45, 7) is 3.73. The van der Waals surface area contributed by atoms with Crippen molar-refractivity contribution in [3.63, 3.8) is 0 Å². The summed E-state index contributed by atoms with van der Waals surface area (Å²) in [6, 6.07) is 16.8. The van der Waals surface area contributed by atoms with E-state index in [1.54, 1.807) is 35.2 Å². The quantitative estimate of drug-likeness (QED) is 0.367. The molecule has 0 saturated carbocycles. The fourth-order valence-electron chi connectivity index (χ4n) is 3.53. The normalized spacial score (nSPS) is 14.1. The van der Waals surface area contributed by atoms with Crippen molar-refractivity contribution in [1.82, 2.24) is 19.7 Å². The summed E-state index contributed by atoms with van der Waals surface area (Å²) < 4.78 is 20.9. The van der Waals surface area contributed by atoms with Crippen LogP contribution in [0.25, 0.3) is 10.6 Å². The van der Waals surface area contributed by atoms with Crippen LogP contribution in [0.4, 0.5) is 10.3 Å².